The quantitative estimate of drug-likeness (QED) is 0.864. The lowest BCUT2D eigenvalue weighted by atomic mass is 10.2. The molecule has 1 N–H and O–H groups in total. The maximum atomic E-state index is 12.0. The van der Waals surface area contributed by atoms with Crippen LogP contribution < -0.4 is 5.32 Å². The van der Waals surface area contributed by atoms with Crippen LogP contribution in [0.1, 0.15) is 13.3 Å². The highest BCUT2D eigenvalue weighted by Gasteiger charge is 2.23. The fourth-order valence-corrected chi connectivity index (χ4v) is 2.44. The summed E-state index contributed by atoms with van der Waals surface area (Å²) in [5.41, 5.74) is 1.32. The van der Waals surface area contributed by atoms with Crippen molar-refractivity contribution in [2.45, 2.75) is 19.4 Å². The van der Waals surface area contributed by atoms with Crippen LogP contribution in [0.2, 0.25) is 0 Å². The predicted octanol–water partition coefficient (Wildman–Crippen LogP) is 1.90. The van der Waals surface area contributed by atoms with Crippen molar-refractivity contribution in [1.82, 2.24) is 14.9 Å². The molecule has 2 rings (SSSR count). The zero-order chi connectivity index (χ0) is 16.8. The summed E-state index contributed by atoms with van der Waals surface area (Å²) in [4.78, 5) is 33.6. The third-order valence-corrected chi connectivity index (χ3v) is 3.97. The van der Waals surface area contributed by atoms with Gasteiger partial charge in [-0.05, 0) is 19.1 Å². The van der Waals surface area contributed by atoms with Gasteiger partial charge in [0.1, 0.15) is 5.69 Å². The molecule has 2 aromatic heterocycles. The first-order chi connectivity index (χ1) is 11.0. The number of nitrogens with one attached hydrogen (secondary N) is 1. The number of nitrogens with zero attached hydrogens (tertiary/aromatic N) is 4. The monoisotopic (exact) mass is 329 g/mol. The molecule has 0 saturated heterocycles. The van der Waals surface area contributed by atoms with Crippen LogP contribution in [0.5, 0.6) is 0 Å². The summed E-state index contributed by atoms with van der Waals surface area (Å²) in [7, 11) is 1.49. The summed E-state index contributed by atoms with van der Waals surface area (Å²) in [5.74, 6) is -1.48. The molecule has 0 fully saturated rings. The number of pyridine rings is 1. The number of aromatic nitrogens is 2. The second-order valence-electron chi connectivity index (χ2n) is 4.83. The first-order valence-electron chi connectivity index (χ1n) is 6.85. The summed E-state index contributed by atoms with van der Waals surface area (Å²) in [6.45, 7) is 1.71. The van der Waals surface area contributed by atoms with Crippen molar-refractivity contribution in [2.75, 3.05) is 12.4 Å². The third-order valence-electron chi connectivity index (χ3n) is 3.21. The molecule has 0 unspecified atom stereocenters. The molecule has 2 amide bonds. The minimum Gasteiger partial charge on any atom is -0.334 e. The Morgan fingerprint density at radius 2 is 2.22 bits per heavy atom. The molecule has 0 aliphatic heterocycles. The van der Waals surface area contributed by atoms with Gasteiger partial charge in [0.25, 0.3) is 0 Å². The third kappa shape index (κ3) is 4.11. The number of amides is 2. The second-order valence-corrected chi connectivity index (χ2v) is 5.69. The van der Waals surface area contributed by atoms with Crippen LogP contribution in [0.15, 0.2) is 29.8 Å². The van der Waals surface area contributed by atoms with Crippen molar-refractivity contribution >= 4 is 28.3 Å². The van der Waals surface area contributed by atoms with E-state index >= 15 is 0 Å². The molecule has 8 heteroatoms. The number of rotatable bonds is 4. The van der Waals surface area contributed by atoms with Gasteiger partial charge in [0, 0.05) is 24.7 Å². The largest absolute Gasteiger partial charge is 0.334 e. The lowest BCUT2D eigenvalue weighted by Crippen LogP contribution is -2.42. The second kappa shape index (κ2) is 7.47. The lowest BCUT2D eigenvalue weighted by molar-refractivity contribution is -0.143. The molecular weight excluding hydrogens is 314 g/mol. The zero-order valence-electron chi connectivity index (χ0n) is 12.7. The lowest BCUT2D eigenvalue weighted by Gasteiger charge is -2.21. The molecule has 118 valence electrons. The van der Waals surface area contributed by atoms with Crippen LogP contribution in [0.4, 0.5) is 5.13 Å². The average Bonchev–Trinajstić information content (AvgIpc) is 3.03. The fourth-order valence-electron chi connectivity index (χ4n) is 1.74. The molecule has 0 spiro atoms. The molecule has 2 aromatic rings. The number of carbonyl (C=O) groups is 2. The molecule has 23 heavy (non-hydrogen) atoms. The van der Waals surface area contributed by atoms with Crippen molar-refractivity contribution in [3.05, 3.63) is 29.8 Å². The number of thiazole rings is 1. The van der Waals surface area contributed by atoms with Gasteiger partial charge in [0.2, 0.25) is 0 Å². The van der Waals surface area contributed by atoms with E-state index in [-0.39, 0.29) is 12.5 Å². The maximum Gasteiger partial charge on any atom is 0.315 e. The van der Waals surface area contributed by atoms with Crippen LogP contribution in [-0.2, 0) is 9.59 Å². The number of anilines is 1. The van der Waals surface area contributed by atoms with Crippen LogP contribution in [0.3, 0.4) is 0 Å². The highest BCUT2D eigenvalue weighted by Crippen LogP contribution is 2.23. The molecular formula is C15H15N5O2S. The highest BCUT2D eigenvalue weighted by atomic mass is 32.1. The van der Waals surface area contributed by atoms with Gasteiger partial charge in [0.15, 0.2) is 5.13 Å². The SMILES string of the molecule is C[C@H](CC#N)N(C)C(=O)C(=O)Nc1nc(-c2ccccn2)cs1. The van der Waals surface area contributed by atoms with Gasteiger partial charge >= 0.3 is 11.8 Å². The number of hydrogen-bond acceptors (Lipinski definition) is 6. The van der Waals surface area contributed by atoms with E-state index < -0.39 is 11.8 Å². The van der Waals surface area contributed by atoms with Crippen molar-refractivity contribution < 1.29 is 9.59 Å². The van der Waals surface area contributed by atoms with Gasteiger partial charge in [0.05, 0.1) is 18.2 Å². The molecule has 0 bridgehead atoms. The van der Waals surface area contributed by atoms with Crippen LogP contribution in [0.25, 0.3) is 11.4 Å². The normalized spacial score (nSPS) is 11.3. The van der Waals surface area contributed by atoms with Crippen LogP contribution in [-0.4, -0.2) is 39.8 Å². The van der Waals surface area contributed by atoms with E-state index in [1.54, 1.807) is 24.6 Å². The van der Waals surface area contributed by atoms with Crippen molar-refractivity contribution in [3.8, 4) is 17.5 Å². The molecule has 7 nitrogen and oxygen atoms in total. The van der Waals surface area contributed by atoms with E-state index in [4.69, 9.17) is 5.26 Å². The first-order valence-corrected chi connectivity index (χ1v) is 7.73. The Bertz CT molecular complexity index is 738. The molecule has 2 heterocycles. The van der Waals surface area contributed by atoms with E-state index in [1.807, 2.05) is 18.2 Å². The molecule has 0 aromatic carbocycles. The standard InChI is InChI=1S/C15H15N5O2S/c1-10(6-7-16)20(2)14(22)13(21)19-15-18-12(9-23-15)11-5-3-4-8-17-11/h3-5,8-10H,6H2,1-2H3,(H,18,19,21)/t10-/m1/s1. The Balaban J connectivity index is 2.02. The molecule has 0 radical (unpaired) electrons. The summed E-state index contributed by atoms with van der Waals surface area (Å²) in [5, 5.41) is 13.2. The molecule has 1 atom stereocenters. The smallest absolute Gasteiger partial charge is 0.315 e. The van der Waals surface area contributed by atoms with Crippen molar-refractivity contribution in [2.24, 2.45) is 0 Å². The summed E-state index contributed by atoms with van der Waals surface area (Å²) in [6.07, 6.45) is 1.82. The van der Waals surface area contributed by atoms with Gasteiger partial charge in [-0.15, -0.1) is 11.3 Å². The topological polar surface area (TPSA) is 99.0 Å². The van der Waals surface area contributed by atoms with E-state index in [2.05, 4.69) is 15.3 Å². The van der Waals surface area contributed by atoms with E-state index in [9.17, 15) is 9.59 Å². The zero-order valence-corrected chi connectivity index (χ0v) is 13.5. The number of hydrogen-bond donors (Lipinski definition) is 1. The van der Waals surface area contributed by atoms with Gasteiger partial charge in [-0.2, -0.15) is 5.26 Å². The number of carbonyl (C=O) groups excluding carboxylic acids is 2. The number of likely N-dealkylation sites (N-methyl/N-ethyl adjacent to an activating group) is 1. The van der Waals surface area contributed by atoms with Gasteiger partial charge < -0.3 is 4.90 Å². The summed E-state index contributed by atoms with van der Waals surface area (Å²) >= 11 is 1.21. The van der Waals surface area contributed by atoms with Crippen molar-refractivity contribution in [3.63, 3.8) is 0 Å². The molecule has 0 aliphatic rings. The Labute approximate surface area is 137 Å². The minimum absolute atomic E-state index is 0.163. The summed E-state index contributed by atoms with van der Waals surface area (Å²) < 4.78 is 0. The van der Waals surface area contributed by atoms with Crippen LogP contribution >= 0.6 is 11.3 Å². The number of nitriles is 1. The highest BCUT2D eigenvalue weighted by molar-refractivity contribution is 7.14. The Hall–Kier alpha value is -2.79. The van der Waals surface area contributed by atoms with E-state index in [1.165, 1.54) is 23.3 Å². The average molecular weight is 329 g/mol. The van der Waals surface area contributed by atoms with Crippen LogP contribution in [0, 0.1) is 11.3 Å². The Morgan fingerprint density at radius 1 is 1.43 bits per heavy atom. The predicted molar refractivity (Wildman–Crippen MR) is 86.4 cm³/mol. The summed E-state index contributed by atoms with van der Waals surface area (Å²) in [6, 6.07) is 7.09. The van der Waals surface area contributed by atoms with Gasteiger partial charge in [-0.1, -0.05) is 6.07 Å². The molecule has 0 aliphatic carbocycles. The van der Waals surface area contributed by atoms with E-state index in [0.29, 0.717) is 16.5 Å². The molecule has 0 saturated carbocycles. The maximum absolute atomic E-state index is 12.0. The van der Waals surface area contributed by atoms with Gasteiger partial charge in [-0.25, -0.2) is 4.98 Å². The van der Waals surface area contributed by atoms with Crippen molar-refractivity contribution in [1.29, 1.82) is 5.26 Å². The minimum atomic E-state index is -0.779. The fraction of sp³-hybridized carbons (Fsp3) is 0.267. The first kappa shape index (κ1) is 16.6. The van der Waals surface area contributed by atoms with E-state index in [0.717, 1.165) is 0 Å². The Morgan fingerprint density at radius 3 is 2.87 bits per heavy atom. The van der Waals surface area contributed by atoms with Gasteiger partial charge in [-0.3, -0.25) is 19.9 Å². The Kier molecular flexibility index (Phi) is 5.38.